The number of Topliss-reactive ketones (excluding diaryl/α,β-unsaturated/α-hetero) is 2. The standard InChI is InChI=1S/2C18H29NO4.C4H4O4/c2*1-4-8-19-11-17(21)13-23-18-7-6-15(14(3)20)10-16(18)12-22-9-5-2;5-3(6)1-2-4(7)8/h2*6-7,10,17,19,21H,4-5,8-9,11-13H2,1-3H3;1-2H,(H,5,6)(H,7,8)/b;;2-1-. The summed E-state index contributed by atoms with van der Waals surface area (Å²) in [5, 5.41) is 42.9. The van der Waals surface area contributed by atoms with Gasteiger partial charge in [-0.25, -0.2) is 0 Å². The molecule has 304 valence electrons. The van der Waals surface area contributed by atoms with Crippen molar-refractivity contribution in [2.24, 2.45) is 0 Å². The number of carbonyl (C=O) groups is 4. The van der Waals surface area contributed by atoms with E-state index in [2.05, 4.69) is 24.5 Å². The van der Waals surface area contributed by atoms with Crippen molar-refractivity contribution >= 4 is 23.5 Å². The van der Waals surface area contributed by atoms with Gasteiger partial charge < -0.3 is 59.6 Å². The SMILES string of the molecule is CCC[NH2+]CC(O)COc1ccc(C(C)=O)cc1COCCC.CCC[NH2+]CC(O)COc1ccc(C(C)=O)cc1COCCC.O=C([O-])/C=C\C(=O)[O-]. The molecule has 14 heteroatoms. The first-order valence-electron chi connectivity index (χ1n) is 18.6. The number of rotatable bonds is 26. The molecule has 2 aromatic carbocycles. The van der Waals surface area contributed by atoms with Crippen LogP contribution in [0.1, 0.15) is 99.1 Å². The molecule has 0 aliphatic carbocycles. The predicted octanol–water partition coefficient (Wildman–Crippen LogP) is 0.100. The molecule has 0 saturated heterocycles. The van der Waals surface area contributed by atoms with Crippen molar-refractivity contribution in [2.75, 3.05) is 52.6 Å². The van der Waals surface area contributed by atoms with Crippen LogP contribution in [0.15, 0.2) is 48.6 Å². The zero-order valence-electron chi connectivity index (χ0n) is 32.8. The number of benzene rings is 2. The largest absolute Gasteiger partial charge is 0.545 e. The summed E-state index contributed by atoms with van der Waals surface area (Å²) < 4.78 is 22.6. The predicted molar refractivity (Wildman–Crippen MR) is 199 cm³/mol. The number of carbonyl (C=O) groups excluding carboxylic acids is 4. The van der Waals surface area contributed by atoms with E-state index in [9.17, 15) is 39.6 Å². The smallest absolute Gasteiger partial charge is 0.159 e. The van der Waals surface area contributed by atoms with Crippen molar-refractivity contribution in [3.8, 4) is 11.5 Å². The van der Waals surface area contributed by atoms with Crippen molar-refractivity contribution in [3.63, 3.8) is 0 Å². The minimum absolute atomic E-state index is 0.0162. The molecule has 0 saturated carbocycles. The maximum Gasteiger partial charge on any atom is 0.159 e. The summed E-state index contributed by atoms with van der Waals surface area (Å²) in [6, 6.07) is 10.7. The van der Waals surface area contributed by atoms with E-state index in [0.29, 0.717) is 74.3 Å². The first kappa shape index (κ1) is 49.8. The third kappa shape index (κ3) is 24.9. The fourth-order valence-corrected chi connectivity index (χ4v) is 4.43. The summed E-state index contributed by atoms with van der Waals surface area (Å²) in [6.07, 6.45) is 3.78. The normalized spacial score (nSPS) is 11.8. The molecule has 0 bridgehead atoms. The number of carboxylic acids is 2. The van der Waals surface area contributed by atoms with E-state index in [1.165, 1.54) is 0 Å². The summed E-state index contributed by atoms with van der Waals surface area (Å²) in [4.78, 5) is 41.9. The Hall–Kier alpha value is -4.18. The second-order valence-corrected chi connectivity index (χ2v) is 12.4. The molecule has 54 heavy (non-hydrogen) atoms. The second-order valence-electron chi connectivity index (χ2n) is 12.4. The molecule has 2 aromatic rings. The van der Waals surface area contributed by atoms with Crippen molar-refractivity contribution in [3.05, 3.63) is 70.8 Å². The Morgan fingerprint density at radius 2 is 1.02 bits per heavy atom. The summed E-state index contributed by atoms with van der Waals surface area (Å²) in [7, 11) is 0. The summed E-state index contributed by atoms with van der Waals surface area (Å²) in [5.41, 5.74) is 2.97. The van der Waals surface area contributed by atoms with Gasteiger partial charge in [-0.2, -0.15) is 0 Å². The molecule has 0 aliphatic heterocycles. The van der Waals surface area contributed by atoms with Crippen LogP contribution in [0.4, 0.5) is 0 Å². The summed E-state index contributed by atoms with van der Waals surface area (Å²) >= 11 is 0. The van der Waals surface area contributed by atoms with E-state index in [4.69, 9.17) is 18.9 Å². The molecule has 0 fully saturated rings. The minimum atomic E-state index is -1.55. The van der Waals surface area contributed by atoms with E-state index in [1.54, 1.807) is 38.1 Å². The van der Waals surface area contributed by atoms with E-state index >= 15 is 0 Å². The average molecular weight is 763 g/mol. The molecule has 6 N–H and O–H groups in total. The molecular formula is C40H62N2O12. The van der Waals surface area contributed by atoms with Crippen LogP contribution >= 0.6 is 0 Å². The Morgan fingerprint density at radius 1 is 0.648 bits per heavy atom. The number of aliphatic hydroxyl groups is 2. The van der Waals surface area contributed by atoms with Gasteiger partial charge in [-0.05, 0) is 88.1 Å². The molecule has 0 aromatic heterocycles. The number of nitrogens with two attached hydrogens (primary N) is 2. The van der Waals surface area contributed by atoms with Crippen LogP contribution in [0.5, 0.6) is 11.5 Å². The summed E-state index contributed by atoms with van der Waals surface area (Å²) in [5.74, 6) is -1.73. The quantitative estimate of drug-likeness (QED) is 0.0569. The second kappa shape index (κ2) is 31.2. The molecular weight excluding hydrogens is 700 g/mol. The van der Waals surface area contributed by atoms with E-state index in [0.717, 1.165) is 49.9 Å². The number of aliphatic carboxylic acids is 2. The molecule has 0 radical (unpaired) electrons. The fraction of sp³-hybridized carbons (Fsp3) is 0.550. The number of quaternary nitrogens is 2. The number of carboxylic acid groups (broad SMARTS) is 2. The highest BCUT2D eigenvalue weighted by atomic mass is 16.5. The lowest BCUT2D eigenvalue weighted by molar-refractivity contribution is -0.661. The molecule has 0 aliphatic rings. The van der Waals surface area contributed by atoms with Crippen molar-refractivity contribution in [1.29, 1.82) is 0 Å². The molecule has 0 heterocycles. The third-order valence-corrected chi connectivity index (χ3v) is 7.23. The highest BCUT2D eigenvalue weighted by molar-refractivity contribution is 5.95. The zero-order chi connectivity index (χ0) is 40.7. The van der Waals surface area contributed by atoms with Gasteiger partial charge in [-0.15, -0.1) is 0 Å². The van der Waals surface area contributed by atoms with Crippen LogP contribution in [0.25, 0.3) is 0 Å². The van der Waals surface area contributed by atoms with Gasteiger partial charge >= 0.3 is 0 Å². The minimum Gasteiger partial charge on any atom is -0.545 e. The molecule has 2 rings (SSSR count). The topological polar surface area (TPSA) is 225 Å². The third-order valence-electron chi connectivity index (χ3n) is 7.23. The highest BCUT2D eigenvalue weighted by Gasteiger charge is 2.13. The monoisotopic (exact) mass is 762 g/mol. The van der Waals surface area contributed by atoms with Gasteiger partial charge in [-0.1, -0.05) is 27.7 Å². The molecule has 0 amide bonds. The number of hydrogen-bond donors (Lipinski definition) is 4. The maximum absolute atomic E-state index is 11.5. The van der Waals surface area contributed by atoms with Crippen LogP contribution in [-0.2, 0) is 32.3 Å². The highest BCUT2D eigenvalue weighted by Crippen LogP contribution is 2.23. The van der Waals surface area contributed by atoms with Gasteiger partial charge in [-0.3, -0.25) is 9.59 Å². The van der Waals surface area contributed by atoms with Crippen molar-refractivity contribution in [2.45, 2.75) is 92.6 Å². The van der Waals surface area contributed by atoms with Gasteiger partial charge in [0, 0.05) is 35.5 Å². The first-order valence-corrected chi connectivity index (χ1v) is 18.6. The lowest BCUT2D eigenvalue weighted by atomic mass is 10.1. The number of hydrogen-bond acceptors (Lipinski definition) is 12. The fourth-order valence-electron chi connectivity index (χ4n) is 4.43. The van der Waals surface area contributed by atoms with Crippen LogP contribution < -0.4 is 30.3 Å². The van der Waals surface area contributed by atoms with Gasteiger partial charge in [0.25, 0.3) is 0 Å². The number of ketones is 2. The number of aliphatic hydroxyl groups excluding tert-OH is 2. The molecule has 14 nitrogen and oxygen atoms in total. The van der Waals surface area contributed by atoms with E-state index < -0.39 is 24.1 Å². The van der Waals surface area contributed by atoms with Gasteiger partial charge in [0.2, 0.25) is 0 Å². The van der Waals surface area contributed by atoms with Crippen LogP contribution in [-0.4, -0.2) is 98.5 Å². The first-order chi connectivity index (χ1) is 25.8. The van der Waals surface area contributed by atoms with Gasteiger partial charge in [0.05, 0.1) is 38.2 Å². The molecule has 2 unspecified atom stereocenters. The Morgan fingerprint density at radius 3 is 1.31 bits per heavy atom. The maximum atomic E-state index is 11.5. The summed E-state index contributed by atoms with van der Waals surface area (Å²) in [6.45, 7) is 17.3. The Bertz CT molecular complexity index is 1300. The van der Waals surface area contributed by atoms with Crippen LogP contribution in [0.2, 0.25) is 0 Å². The zero-order valence-corrected chi connectivity index (χ0v) is 32.8. The average Bonchev–Trinajstić information content (AvgIpc) is 3.13. The Labute approximate surface area is 319 Å². The lowest BCUT2D eigenvalue weighted by Gasteiger charge is -2.15. The Balaban J connectivity index is 0.000000867. The van der Waals surface area contributed by atoms with E-state index in [-0.39, 0.29) is 24.8 Å². The lowest BCUT2D eigenvalue weighted by Crippen LogP contribution is -2.86. The van der Waals surface area contributed by atoms with Crippen molar-refractivity contribution in [1.82, 2.24) is 0 Å². The van der Waals surface area contributed by atoms with Gasteiger partial charge in [0.1, 0.15) is 50.0 Å². The molecule has 0 spiro atoms. The Kier molecular flexibility index (Phi) is 28.8. The number of ether oxygens (including phenoxy) is 4. The van der Waals surface area contributed by atoms with Crippen LogP contribution in [0.3, 0.4) is 0 Å². The van der Waals surface area contributed by atoms with E-state index in [1.807, 2.05) is 26.0 Å². The van der Waals surface area contributed by atoms with Crippen LogP contribution in [0, 0.1) is 0 Å². The molecule has 2 atom stereocenters. The van der Waals surface area contributed by atoms with Crippen molar-refractivity contribution < 1.29 is 69.2 Å². The van der Waals surface area contributed by atoms with Gasteiger partial charge in [0.15, 0.2) is 11.6 Å².